The van der Waals surface area contributed by atoms with E-state index in [-0.39, 0.29) is 35.7 Å². The third-order valence-corrected chi connectivity index (χ3v) is 7.28. The maximum absolute atomic E-state index is 12.7. The van der Waals surface area contributed by atoms with Crippen molar-refractivity contribution in [3.63, 3.8) is 0 Å². The fourth-order valence-corrected chi connectivity index (χ4v) is 5.82. The third kappa shape index (κ3) is 3.81. The number of aryl methyl sites for hydroxylation is 1. The molecule has 29 heavy (non-hydrogen) atoms. The number of aliphatic carboxylic acids is 1. The Morgan fingerprint density at radius 3 is 2.76 bits per heavy atom. The van der Waals surface area contributed by atoms with Crippen molar-refractivity contribution < 1.29 is 19.5 Å². The molecule has 0 aliphatic carbocycles. The lowest BCUT2D eigenvalue weighted by Crippen LogP contribution is -2.62. The Bertz CT molecular complexity index is 986. The number of fused-ring (bicyclic) bond motifs is 1. The van der Waals surface area contributed by atoms with Gasteiger partial charge in [-0.15, -0.1) is 16.9 Å². The van der Waals surface area contributed by atoms with E-state index >= 15 is 0 Å². The van der Waals surface area contributed by atoms with Crippen molar-refractivity contribution in [2.45, 2.75) is 23.5 Å². The summed E-state index contributed by atoms with van der Waals surface area (Å²) in [5.74, 6) is -1.10. The van der Waals surface area contributed by atoms with Crippen molar-refractivity contribution >= 4 is 41.2 Å². The average Bonchev–Trinajstić information content (AvgIpc) is 3.35. The number of tetrazole rings is 1. The Balaban J connectivity index is 1.45. The van der Waals surface area contributed by atoms with Gasteiger partial charge < -0.3 is 9.67 Å². The second kappa shape index (κ2) is 8.03. The Labute approximate surface area is 174 Å². The number of hydrogen-bond donors (Lipinski definition) is 1. The van der Waals surface area contributed by atoms with Crippen LogP contribution in [0, 0.1) is 5.92 Å². The van der Waals surface area contributed by atoms with E-state index in [0.717, 1.165) is 0 Å². The van der Waals surface area contributed by atoms with Gasteiger partial charge in [-0.25, -0.2) is 9.48 Å². The molecule has 1 N–H and O–H groups in total. The van der Waals surface area contributed by atoms with Crippen LogP contribution in [0.1, 0.15) is 6.42 Å². The molecule has 0 radical (unpaired) electrons. The number of Topliss-reactive ketones (excluding diaryl/α,β-unsaturated/α-hetero) is 1. The number of carbonyl (C=O) groups excluding carboxylic acids is 2. The van der Waals surface area contributed by atoms with E-state index < -0.39 is 11.9 Å². The van der Waals surface area contributed by atoms with Crippen LogP contribution in [-0.2, 0) is 28.0 Å². The molecule has 152 valence electrons. The summed E-state index contributed by atoms with van der Waals surface area (Å²) in [7, 11) is 1.70. The van der Waals surface area contributed by atoms with Gasteiger partial charge in [0, 0.05) is 37.4 Å². The van der Waals surface area contributed by atoms with E-state index in [0.29, 0.717) is 22.2 Å². The number of carboxylic acids is 1. The highest BCUT2D eigenvalue weighted by atomic mass is 32.2. The van der Waals surface area contributed by atoms with E-state index in [9.17, 15) is 19.5 Å². The van der Waals surface area contributed by atoms with Gasteiger partial charge in [0.1, 0.15) is 5.70 Å². The molecular weight excluding hydrogens is 416 g/mol. The first-order chi connectivity index (χ1) is 14.0. The van der Waals surface area contributed by atoms with Crippen LogP contribution in [-0.4, -0.2) is 69.3 Å². The minimum Gasteiger partial charge on any atom is -0.477 e. The normalized spacial score (nSPS) is 21.1. The van der Waals surface area contributed by atoms with Crippen LogP contribution in [0.2, 0.25) is 0 Å². The quantitative estimate of drug-likeness (QED) is 0.471. The zero-order valence-corrected chi connectivity index (χ0v) is 17.1. The molecule has 0 aromatic carbocycles. The first-order valence-corrected chi connectivity index (χ1v) is 10.9. The number of thioether (sulfide) groups is 2. The molecule has 4 rings (SSSR count). The van der Waals surface area contributed by atoms with Crippen LogP contribution in [0.3, 0.4) is 0 Å². The van der Waals surface area contributed by atoms with Gasteiger partial charge in [-0.05, 0) is 28.1 Å². The summed E-state index contributed by atoms with van der Waals surface area (Å²) >= 11 is 2.82. The van der Waals surface area contributed by atoms with E-state index in [1.807, 2.05) is 12.1 Å². The second-order valence-corrected chi connectivity index (χ2v) is 8.79. The molecule has 0 spiro atoms. The Kier molecular flexibility index (Phi) is 5.46. The second-order valence-electron chi connectivity index (χ2n) is 6.75. The molecule has 2 atom stereocenters. The minimum atomic E-state index is -1.13. The van der Waals surface area contributed by atoms with Gasteiger partial charge >= 0.3 is 5.97 Å². The van der Waals surface area contributed by atoms with Crippen molar-refractivity contribution in [2.75, 3.05) is 11.5 Å². The molecule has 1 amide bonds. The Morgan fingerprint density at radius 1 is 1.34 bits per heavy atom. The molecule has 2 aliphatic heterocycles. The molecule has 1 saturated heterocycles. The van der Waals surface area contributed by atoms with Crippen LogP contribution >= 0.6 is 23.5 Å². The molecule has 0 bridgehead atoms. The number of amides is 1. The lowest BCUT2D eigenvalue weighted by Gasteiger charge is -2.49. The van der Waals surface area contributed by atoms with Crippen molar-refractivity contribution in [3.05, 3.63) is 35.8 Å². The summed E-state index contributed by atoms with van der Waals surface area (Å²) in [6.07, 6.45) is 3.71. The number of ketones is 1. The predicted octanol–water partition coefficient (Wildman–Crippen LogP) is 0.633. The zero-order valence-electron chi connectivity index (χ0n) is 15.5. The molecule has 12 heteroatoms. The first kappa shape index (κ1) is 19.7. The summed E-state index contributed by atoms with van der Waals surface area (Å²) in [4.78, 5) is 38.2. The van der Waals surface area contributed by atoms with Crippen molar-refractivity contribution in [2.24, 2.45) is 13.0 Å². The van der Waals surface area contributed by atoms with E-state index in [1.54, 1.807) is 24.0 Å². The van der Waals surface area contributed by atoms with Gasteiger partial charge in [0.05, 0.1) is 17.8 Å². The van der Waals surface area contributed by atoms with Crippen molar-refractivity contribution in [1.82, 2.24) is 29.7 Å². The van der Waals surface area contributed by atoms with Gasteiger partial charge in [-0.1, -0.05) is 11.8 Å². The molecule has 0 saturated carbocycles. The van der Waals surface area contributed by atoms with Crippen LogP contribution < -0.4 is 0 Å². The monoisotopic (exact) mass is 434 g/mol. The fraction of sp³-hybridized carbons (Fsp3) is 0.412. The van der Waals surface area contributed by atoms with Crippen molar-refractivity contribution in [3.8, 4) is 0 Å². The summed E-state index contributed by atoms with van der Waals surface area (Å²) in [6, 6.07) is 3.67. The maximum Gasteiger partial charge on any atom is 0.352 e. The Hall–Kier alpha value is -2.60. The molecule has 2 aromatic rings. The molecule has 4 heterocycles. The van der Waals surface area contributed by atoms with Gasteiger partial charge in [-0.3, -0.25) is 14.5 Å². The van der Waals surface area contributed by atoms with Gasteiger partial charge in [0.25, 0.3) is 0 Å². The standard InChI is InChI=1S/C17H18N6O4S2/c1-21-17(18-19-20-21)29-9-10-8-28-15-12(14(25)23(15)13(10)16(26)27)6-11(24)7-22-4-2-3-5-22/h2-5,12,15H,6-9H2,1H3,(H,26,27). The van der Waals surface area contributed by atoms with Gasteiger partial charge in [0.2, 0.25) is 11.1 Å². The number of carbonyl (C=O) groups is 3. The summed E-state index contributed by atoms with van der Waals surface area (Å²) in [5, 5.41) is 21.2. The predicted molar refractivity (Wildman–Crippen MR) is 105 cm³/mol. The number of hydrogen-bond acceptors (Lipinski definition) is 8. The highest BCUT2D eigenvalue weighted by Crippen LogP contribution is 2.45. The SMILES string of the molecule is Cn1nnnc1SCC1=C(C(=O)O)N2C(=O)C(CC(=O)Cn3cccc3)C2SC1. The van der Waals surface area contributed by atoms with E-state index in [2.05, 4.69) is 15.5 Å². The van der Waals surface area contributed by atoms with Crippen molar-refractivity contribution in [1.29, 1.82) is 0 Å². The molecule has 10 nitrogen and oxygen atoms in total. The van der Waals surface area contributed by atoms with Crippen LogP contribution in [0.15, 0.2) is 41.0 Å². The maximum atomic E-state index is 12.7. The molecular formula is C17H18N6O4S2. The van der Waals surface area contributed by atoms with Gasteiger partial charge in [-0.2, -0.15) is 0 Å². The first-order valence-electron chi connectivity index (χ1n) is 8.83. The molecule has 2 aromatic heterocycles. The number of carboxylic acid groups (broad SMARTS) is 1. The number of aromatic nitrogens is 5. The third-order valence-electron chi connectivity index (χ3n) is 4.79. The summed E-state index contributed by atoms with van der Waals surface area (Å²) < 4.78 is 3.27. The largest absolute Gasteiger partial charge is 0.477 e. The smallest absolute Gasteiger partial charge is 0.352 e. The van der Waals surface area contributed by atoms with E-state index in [4.69, 9.17) is 0 Å². The summed E-state index contributed by atoms with van der Waals surface area (Å²) in [5.41, 5.74) is 0.674. The number of rotatable bonds is 8. The van der Waals surface area contributed by atoms with Crippen LogP contribution in [0.5, 0.6) is 0 Å². The molecule has 2 unspecified atom stereocenters. The number of nitrogens with zero attached hydrogens (tertiary/aromatic N) is 6. The zero-order chi connectivity index (χ0) is 20.5. The minimum absolute atomic E-state index is 0.0236. The highest BCUT2D eigenvalue weighted by molar-refractivity contribution is 8.01. The number of β-lactam (4-membered cyclic amide) rings is 1. The van der Waals surface area contributed by atoms with Gasteiger partial charge in [0.15, 0.2) is 5.78 Å². The van der Waals surface area contributed by atoms with Crippen LogP contribution in [0.25, 0.3) is 0 Å². The molecule has 2 aliphatic rings. The lowest BCUT2D eigenvalue weighted by atomic mass is 9.90. The summed E-state index contributed by atoms with van der Waals surface area (Å²) in [6.45, 7) is 0.212. The Morgan fingerprint density at radius 2 is 2.10 bits per heavy atom. The average molecular weight is 435 g/mol. The van der Waals surface area contributed by atoms with E-state index in [1.165, 1.54) is 33.1 Å². The molecule has 1 fully saturated rings. The topological polar surface area (TPSA) is 123 Å². The van der Waals surface area contributed by atoms with Crippen LogP contribution in [0.4, 0.5) is 0 Å². The fourth-order valence-electron chi connectivity index (χ4n) is 3.41. The highest BCUT2D eigenvalue weighted by Gasteiger charge is 2.53. The lowest BCUT2D eigenvalue weighted by molar-refractivity contribution is -0.154.